The van der Waals surface area contributed by atoms with Crippen molar-refractivity contribution in [3.8, 4) is 5.75 Å². The zero-order valence-corrected chi connectivity index (χ0v) is 17.6. The van der Waals surface area contributed by atoms with Gasteiger partial charge in [0.2, 0.25) is 0 Å². The second-order valence-electron chi connectivity index (χ2n) is 6.81. The van der Waals surface area contributed by atoms with Gasteiger partial charge in [-0.25, -0.2) is 5.43 Å². The van der Waals surface area contributed by atoms with Crippen molar-refractivity contribution < 1.29 is 14.3 Å². The summed E-state index contributed by atoms with van der Waals surface area (Å²) in [5.74, 6) is -0.569. The average molecular weight is 416 g/mol. The molecule has 0 bridgehead atoms. The molecule has 0 saturated carbocycles. The van der Waals surface area contributed by atoms with Crippen LogP contribution in [0.3, 0.4) is 0 Å². The number of nitrogens with zero attached hydrogens (tertiary/aromatic N) is 1. The van der Waals surface area contributed by atoms with Gasteiger partial charge in [0.05, 0.1) is 12.8 Å². The van der Waals surface area contributed by atoms with E-state index in [1.54, 1.807) is 18.2 Å². The summed E-state index contributed by atoms with van der Waals surface area (Å²) in [4.78, 5) is 23.9. The number of halogens is 1. The molecule has 0 unspecified atom stereocenters. The third-order valence-corrected chi connectivity index (χ3v) is 4.34. The molecule has 0 aliphatic heterocycles. The van der Waals surface area contributed by atoms with E-state index in [2.05, 4.69) is 29.7 Å². The number of carbonyl (C=O) groups is 2. The standard InChI is InChI=1S/C22H26ClN3O3/c1-4-11-29-20-10-9-19(23)12-18(20)14-25-26-22(28)21(27)24-13-16-5-7-17(8-6-16)15(2)3/h5-10,12,14-15H,4,11,13H2,1-3H3,(H,24,27)(H,26,28)/b25-14-. The fourth-order valence-electron chi connectivity index (χ4n) is 2.46. The van der Waals surface area contributed by atoms with Gasteiger partial charge in [-0.15, -0.1) is 0 Å². The van der Waals surface area contributed by atoms with Crippen molar-refractivity contribution in [1.82, 2.24) is 10.7 Å². The largest absolute Gasteiger partial charge is 0.493 e. The summed E-state index contributed by atoms with van der Waals surface area (Å²) in [5.41, 5.74) is 4.95. The molecule has 2 rings (SSSR count). The normalized spacial score (nSPS) is 10.9. The van der Waals surface area contributed by atoms with Gasteiger partial charge in [-0.3, -0.25) is 9.59 Å². The van der Waals surface area contributed by atoms with E-state index >= 15 is 0 Å². The maximum absolute atomic E-state index is 12.0. The fourth-order valence-corrected chi connectivity index (χ4v) is 2.64. The average Bonchev–Trinajstić information content (AvgIpc) is 2.71. The first-order valence-electron chi connectivity index (χ1n) is 9.53. The Kier molecular flexibility index (Phi) is 8.68. The van der Waals surface area contributed by atoms with Crippen LogP contribution >= 0.6 is 11.6 Å². The van der Waals surface area contributed by atoms with E-state index in [0.717, 1.165) is 12.0 Å². The molecule has 2 aromatic carbocycles. The van der Waals surface area contributed by atoms with Gasteiger partial charge in [-0.1, -0.05) is 56.6 Å². The zero-order valence-electron chi connectivity index (χ0n) is 16.9. The lowest BCUT2D eigenvalue weighted by Crippen LogP contribution is -2.37. The first kappa shape index (κ1) is 22.4. The van der Waals surface area contributed by atoms with Crippen LogP contribution in [0.25, 0.3) is 0 Å². The number of benzene rings is 2. The number of rotatable bonds is 8. The third-order valence-electron chi connectivity index (χ3n) is 4.11. The van der Waals surface area contributed by atoms with Gasteiger partial charge in [-0.2, -0.15) is 5.10 Å². The zero-order chi connectivity index (χ0) is 21.2. The van der Waals surface area contributed by atoms with Crippen molar-refractivity contribution >= 4 is 29.6 Å². The molecule has 0 heterocycles. The Hall–Kier alpha value is -2.86. The van der Waals surface area contributed by atoms with Crippen molar-refractivity contribution in [2.45, 2.75) is 39.7 Å². The minimum Gasteiger partial charge on any atom is -0.493 e. The minimum atomic E-state index is -0.849. The van der Waals surface area contributed by atoms with E-state index in [0.29, 0.717) is 28.9 Å². The summed E-state index contributed by atoms with van der Waals surface area (Å²) in [5, 5.41) is 6.92. The van der Waals surface area contributed by atoms with Gasteiger partial charge < -0.3 is 10.1 Å². The predicted molar refractivity (Wildman–Crippen MR) is 115 cm³/mol. The Morgan fingerprint density at radius 2 is 1.86 bits per heavy atom. The van der Waals surface area contributed by atoms with E-state index in [1.165, 1.54) is 11.8 Å². The molecule has 29 heavy (non-hydrogen) atoms. The highest BCUT2D eigenvalue weighted by atomic mass is 35.5. The van der Waals surface area contributed by atoms with E-state index in [4.69, 9.17) is 16.3 Å². The molecule has 0 saturated heterocycles. The lowest BCUT2D eigenvalue weighted by molar-refractivity contribution is -0.139. The lowest BCUT2D eigenvalue weighted by atomic mass is 10.0. The van der Waals surface area contributed by atoms with Gasteiger partial charge in [0, 0.05) is 17.1 Å². The second kappa shape index (κ2) is 11.2. The highest BCUT2D eigenvalue weighted by Crippen LogP contribution is 2.21. The van der Waals surface area contributed by atoms with Crippen molar-refractivity contribution in [2.24, 2.45) is 5.10 Å². The van der Waals surface area contributed by atoms with Gasteiger partial charge in [0.1, 0.15) is 5.75 Å². The maximum Gasteiger partial charge on any atom is 0.329 e. The van der Waals surface area contributed by atoms with Crippen LogP contribution in [0.1, 0.15) is 49.8 Å². The van der Waals surface area contributed by atoms with Crippen LogP contribution in [0.4, 0.5) is 0 Å². The van der Waals surface area contributed by atoms with E-state index in [9.17, 15) is 9.59 Å². The minimum absolute atomic E-state index is 0.262. The number of hydrogen-bond acceptors (Lipinski definition) is 4. The van der Waals surface area contributed by atoms with Gasteiger partial charge >= 0.3 is 11.8 Å². The van der Waals surface area contributed by atoms with Crippen LogP contribution in [0.2, 0.25) is 5.02 Å². The van der Waals surface area contributed by atoms with Crippen LogP contribution in [-0.4, -0.2) is 24.6 Å². The Morgan fingerprint density at radius 1 is 1.14 bits per heavy atom. The Morgan fingerprint density at radius 3 is 2.52 bits per heavy atom. The first-order valence-corrected chi connectivity index (χ1v) is 9.91. The van der Waals surface area contributed by atoms with Crippen LogP contribution in [0, 0.1) is 0 Å². The van der Waals surface area contributed by atoms with Crippen molar-refractivity contribution in [2.75, 3.05) is 6.61 Å². The molecule has 2 aromatic rings. The van der Waals surface area contributed by atoms with Crippen LogP contribution in [0.5, 0.6) is 5.75 Å². The van der Waals surface area contributed by atoms with Gasteiger partial charge in [0.15, 0.2) is 0 Å². The number of carbonyl (C=O) groups excluding carboxylic acids is 2. The molecule has 0 aliphatic carbocycles. The monoisotopic (exact) mass is 415 g/mol. The molecule has 7 heteroatoms. The van der Waals surface area contributed by atoms with Crippen molar-refractivity contribution in [3.05, 3.63) is 64.2 Å². The van der Waals surface area contributed by atoms with E-state index < -0.39 is 11.8 Å². The number of hydrogen-bond donors (Lipinski definition) is 2. The fraction of sp³-hybridized carbons (Fsp3) is 0.318. The second-order valence-corrected chi connectivity index (χ2v) is 7.25. The molecule has 0 spiro atoms. The molecule has 0 aliphatic rings. The summed E-state index contributed by atoms with van der Waals surface area (Å²) in [6.45, 7) is 7.04. The van der Waals surface area contributed by atoms with Crippen molar-refractivity contribution in [3.63, 3.8) is 0 Å². The van der Waals surface area contributed by atoms with Crippen LogP contribution in [-0.2, 0) is 16.1 Å². The highest BCUT2D eigenvalue weighted by Gasteiger charge is 2.12. The van der Waals surface area contributed by atoms with Crippen LogP contribution in [0.15, 0.2) is 47.6 Å². The third kappa shape index (κ3) is 7.23. The smallest absolute Gasteiger partial charge is 0.329 e. The molecule has 154 valence electrons. The number of ether oxygens (including phenoxy) is 1. The first-order chi connectivity index (χ1) is 13.9. The van der Waals surface area contributed by atoms with Gasteiger partial charge in [-0.05, 0) is 41.7 Å². The molecular weight excluding hydrogens is 390 g/mol. The highest BCUT2D eigenvalue weighted by molar-refractivity contribution is 6.35. The summed E-state index contributed by atoms with van der Waals surface area (Å²) in [6.07, 6.45) is 2.25. The lowest BCUT2D eigenvalue weighted by Gasteiger charge is -2.08. The quantitative estimate of drug-likeness (QED) is 0.388. The Labute approximate surface area is 176 Å². The molecule has 0 atom stereocenters. The molecule has 2 amide bonds. The van der Waals surface area contributed by atoms with E-state index in [-0.39, 0.29) is 6.54 Å². The molecule has 0 radical (unpaired) electrons. The summed E-state index contributed by atoms with van der Waals surface area (Å²) < 4.78 is 5.62. The number of nitrogens with one attached hydrogen (secondary N) is 2. The molecule has 0 fully saturated rings. The predicted octanol–water partition coefficient (Wildman–Crippen LogP) is 4.02. The van der Waals surface area contributed by atoms with Gasteiger partial charge in [0.25, 0.3) is 0 Å². The number of amides is 2. The maximum atomic E-state index is 12.0. The molecule has 2 N–H and O–H groups in total. The number of hydrazone groups is 1. The van der Waals surface area contributed by atoms with E-state index in [1.807, 2.05) is 31.2 Å². The summed E-state index contributed by atoms with van der Waals surface area (Å²) >= 11 is 6.00. The Bertz CT molecular complexity index is 864. The molecular formula is C22H26ClN3O3. The summed E-state index contributed by atoms with van der Waals surface area (Å²) in [6, 6.07) is 13.0. The SMILES string of the molecule is CCCOc1ccc(Cl)cc1/C=N\NC(=O)C(=O)NCc1ccc(C(C)C)cc1. The molecule has 6 nitrogen and oxygen atoms in total. The Balaban J connectivity index is 1.88. The van der Waals surface area contributed by atoms with Crippen LogP contribution < -0.4 is 15.5 Å². The van der Waals surface area contributed by atoms with Crippen molar-refractivity contribution in [1.29, 1.82) is 0 Å². The molecule has 0 aromatic heterocycles. The summed E-state index contributed by atoms with van der Waals surface area (Å²) in [7, 11) is 0. The topological polar surface area (TPSA) is 79.8 Å².